The number of allylic oxidation sites excluding steroid dienone is 8. The van der Waals surface area contributed by atoms with E-state index in [2.05, 4.69) is 77.2 Å². The third kappa shape index (κ3) is 8.98. The molecule has 0 spiro atoms. The highest BCUT2D eigenvalue weighted by molar-refractivity contribution is 5.26. The van der Waals surface area contributed by atoms with Gasteiger partial charge in [0, 0.05) is 5.41 Å². The van der Waals surface area contributed by atoms with Gasteiger partial charge in [-0.25, -0.2) is 0 Å². The Balaban J connectivity index is 5.36. The van der Waals surface area contributed by atoms with Crippen molar-refractivity contribution in [2.75, 3.05) is 0 Å². The molecule has 132 valence electrons. The molecule has 23 heavy (non-hydrogen) atoms. The molecule has 0 unspecified atom stereocenters. The van der Waals surface area contributed by atoms with Gasteiger partial charge in [0.15, 0.2) is 0 Å². The summed E-state index contributed by atoms with van der Waals surface area (Å²) in [6.45, 7) is 11.0. The van der Waals surface area contributed by atoms with Gasteiger partial charge < -0.3 is 0 Å². The maximum absolute atomic E-state index is 2.56. The zero-order chi connectivity index (χ0) is 17.4. The molecule has 0 amide bonds. The van der Waals surface area contributed by atoms with E-state index in [1.54, 1.807) is 5.57 Å². The van der Waals surface area contributed by atoms with Crippen molar-refractivity contribution in [2.24, 2.45) is 5.41 Å². The molecule has 0 radical (unpaired) electrons. The van der Waals surface area contributed by atoms with Crippen LogP contribution in [0.2, 0.25) is 0 Å². The van der Waals surface area contributed by atoms with Crippen molar-refractivity contribution in [1.82, 2.24) is 0 Å². The quantitative estimate of drug-likeness (QED) is 0.237. The zero-order valence-electron chi connectivity index (χ0n) is 16.4. The standard InChI is InChI=1S/C23H40/c1-6-11-14-15-16-18-22(17-9-4)23(19-10-5,20-12-7-2)21-13-8-3/h7-8,10,12-13,18-19H,6,9,11,14-17,20-21H2,1-5H3. The summed E-state index contributed by atoms with van der Waals surface area (Å²) in [5.41, 5.74) is 1.82. The first-order chi connectivity index (χ1) is 11.2. The number of hydrogen-bond acceptors (Lipinski definition) is 0. The van der Waals surface area contributed by atoms with Crippen LogP contribution < -0.4 is 0 Å². The Morgan fingerprint density at radius 3 is 1.91 bits per heavy atom. The van der Waals surface area contributed by atoms with E-state index in [9.17, 15) is 0 Å². The van der Waals surface area contributed by atoms with Gasteiger partial charge in [-0.15, -0.1) is 0 Å². The molecule has 0 aromatic heterocycles. The van der Waals surface area contributed by atoms with Gasteiger partial charge >= 0.3 is 0 Å². The second-order valence-corrected chi connectivity index (χ2v) is 6.53. The molecule has 0 aliphatic carbocycles. The van der Waals surface area contributed by atoms with Crippen molar-refractivity contribution in [1.29, 1.82) is 0 Å². The molecule has 0 aromatic rings. The average Bonchev–Trinajstić information content (AvgIpc) is 2.56. The first kappa shape index (κ1) is 22.0. The lowest BCUT2D eigenvalue weighted by Crippen LogP contribution is -2.20. The number of unbranched alkanes of at least 4 members (excludes halogenated alkanes) is 4. The van der Waals surface area contributed by atoms with Crippen molar-refractivity contribution in [3.8, 4) is 0 Å². The second-order valence-electron chi connectivity index (χ2n) is 6.53. The fraction of sp³-hybridized carbons (Fsp3) is 0.652. The lowest BCUT2D eigenvalue weighted by atomic mass is 9.72. The molecule has 0 saturated heterocycles. The SMILES string of the molecule is CC=CCC(C=CC)(CC=CC)C(=CCCCCCC)CCC. The molecule has 0 aromatic carbocycles. The Morgan fingerprint density at radius 2 is 1.43 bits per heavy atom. The van der Waals surface area contributed by atoms with Gasteiger partial charge in [0.25, 0.3) is 0 Å². The first-order valence-electron chi connectivity index (χ1n) is 9.76. The van der Waals surface area contributed by atoms with Crippen molar-refractivity contribution in [2.45, 2.75) is 92.4 Å². The smallest absolute Gasteiger partial charge is 0.0159 e. The third-order valence-electron chi connectivity index (χ3n) is 4.53. The Kier molecular flexibility index (Phi) is 13.9. The number of hydrogen-bond donors (Lipinski definition) is 0. The fourth-order valence-electron chi connectivity index (χ4n) is 3.23. The van der Waals surface area contributed by atoms with E-state index >= 15 is 0 Å². The summed E-state index contributed by atoms with van der Waals surface area (Å²) in [4.78, 5) is 0. The van der Waals surface area contributed by atoms with E-state index in [0.717, 1.165) is 12.8 Å². The minimum absolute atomic E-state index is 0.175. The zero-order valence-corrected chi connectivity index (χ0v) is 16.4. The lowest BCUT2D eigenvalue weighted by molar-refractivity contribution is 0.448. The van der Waals surface area contributed by atoms with Crippen LogP contribution in [0.15, 0.2) is 48.1 Å². The summed E-state index contributed by atoms with van der Waals surface area (Å²) in [5, 5.41) is 0. The summed E-state index contributed by atoms with van der Waals surface area (Å²) >= 11 is 0. The Morgan fingerprint density at radius 1 is 0.783 bits per heavy atom. The van der Waals surface area contributed by atoms with E-state index in [4.69, 9.17) is 0 Å². The van der Waals surface area contributed by atoms with Crippen LogP contribution >= 0.6 is 0 Å². The monoisotopic (exact) mass is 316 g/mol. The minimum Gasteiger partial charge on any atom is -0.0916 e. The first-order valence-corrected chi connectivity index (χ1v) is 9.76. The Hall–Kier alpha value is -1.04. The average molecular weight is 317 g/mol. The van der Waals surface area contributed by atoms with Crippen molar-refractivity contribution in [3.05, 3.63) is 48.1 Å². The maximum atomic E-state index is 2.56. The summed E-state index contributed by atoms with van der Waals surface area (Å²) in [5.74, 6) is 0. The highest BCUT2D eigenvalue weighted by Crippen LogP contribution is 2.41. The van der Waals surface area contributed by atoms with Crippen molar-refractivity contribution in [3.63, 3.8) is 0 Å². The van der Waals surface area contributed by atoms with E-state index in [1.165, 1.54) is 44.9 Å². The Bertz CT molecular complexity index is 365. The van der Waals surface area contributed by atoms with Crippen LogP contribution in [0.5, 0.6) is 0 Å². The van der Waals surface area contributed by atoms with Crippen LogP contribution in [0.3, 0.4) is 0 Å². The molecule has 0 rings (SSSR count). The van der Waals surface area contributed by atoms with Crippen LogP contribution in [0.1, 0.15) is 92.4 Å². The van der Waals surface area contributed by atoms with Crippen molar-refractivity contribution < 1.29 is 0 Å². The highest BCUT2D eigenvalue weighted by Gasteiger charge is 2.28. The second kappa shape index (κ2) is 14.5. The summed E-state index contributed by atoms with van der Waals surface area (Å²) in [6, 6.07) is 0. The molecule has 0 nitrogen and oxygen atoms in total. The third-order valence-corrected chi connectivity index (χ3v) is 4.53. The van der Waals surface area contributed by atoms with Gasteiger partial charge in [0.1, 0.15) is 0 Å². The fourth-order valence-corrected chi connectivity index (χ4v) is 3.23. The minimum atomic E-state index is 0.175. The van der Waals surface area contributed by atoms with Crippen LogP contribution in [-0.4, -0.2) is 0 Å². The van der Waals surface area contributed by atoms with Crippen LogP contribution in [0.4, 0.5) is 0 Å². The predicted octanol–water partition coefficient (Wildman–Crippen LogP) is 8.18. The van der Waals surface area contributed by atoms with Crippen LogP contribution in [0, 0.1) is 5.41 Å². The predicted molar refractivity (Wildman–Crippen MR) is 108 cm³/mol. The van der Waals surface area contributed by atoms with Gasteiger partial charge in [-0.1, -0.05) is 87.6 Å². The molecular formula is C23H40. The molecule has 0 heteroatoms. The van der Waals surface area contributed by atoms with Crippen LogP contribution in [-0.2, 0) is 0 Å². The molecule has 0 fully saturated rings. The number of rotatable bonds is 13. The Labute approximate surface area is 146 Å². The maximum Gasteiger partial charge on any atom is 0.0159 e. The molecule has 0 aliphatic heterocycles. The molecule has 0 atom stereocenters. The summed E-state index contributed by atoms with van der Waals surface area (Å²) < 4.78 is 0. The van der Waals surface area contributed by atoms with Gasteiger partial charge in [0.2, 0.25) is 0 Å². The molecule has 0 saturated carbocycles. The summed E-state index contributed by atoms with van der Waals surface area (Å²) in [7, 11) is 0. The van der Waals surface area contributed by atoms with E-state index in [-0.39, 0.29) is 5.41 Å². The normalized spacial score (nSPS) is 16.0. The highest BCUT2D eigenvalue weighted by atomic mass is 14.3. The van der Waals surface area contributed by atoms with E-state index in [1.807, 2.05) is 0 Å². The molecule has 0 N–H and O–H groups in total. The van der Waals surface area contributed by atoms with E-state index in [0.29, 0.717) is 0 Å². The summed E-state index contributed by atoms with van der Waals surface area (Å²) in [6.07, 6.45) is 27.6. The van der Waals surface area contributed by atoms with E-state index < -0.39 is 0 Å². The topological polar surface area (TPSA) is 0 Å². The van der Waals surface area contributed by atoms with Crippen LogP contribution in [0.25, 0.3) is 0 Å². The van der Waals surface area contributed by atoms with Gasteiger partial charge in [-0.2, -0.15) is 0 Å². The molecule has 0 aliphatic rings. The lowest BCUT2D eigenvalue weighted by Gasteiger charge is -2.32. The molecule has 0 bridgehead atoms. The van der Waals surface area contributed by atoms with Gasteiger partial charge in [0.05, 0.1) is 0 Å². The van der Waals surface area contributed by atoms with Crippen molar-refractivity contribution >= 4 is 0 Å². The molecule has 0 heterocycles. The van der Waals surface area contributed by atoms with Gasteiger partial charge in [-0.05, 0) is 52.9 Å². The molecular weight excluding hydrogens is 276 g/mol. The van der Waals surface area contributed by atoms with Gasteiger partial charge in [-0.3, -0.25) is 0 Å². The largest absolute Gasteiger partial charge is 0.0916 e.